The first-order valence-electron chi connectivity index (χ1n) is 8.18. The summed E-state index contributed by atoms with van der Waals surface area (Å²) >= 11 is 0. The van der Waals surface area contributed by atoms with Crippen LogP contribution in [-0.4, -0.2) is 14.3 Å². The average Bonchev–Trinajstić information content (AvgIpc) is 3.19. The van der Waals surface area contributed by atoms with Crippen LogP contribution in [-0.2, 0) is 16.6 Å². The molecule has 3 rings (SSSR count). The zero-order valence-corrected chi connectivity index (χ0v) is 15.1. The van der Waals surface area contributed by atoms with Gasteiger partial charge in [0.05, 0.1) is 18.2 Å². The molecule has 0 aliphatic carbocycles. The van der Waals surface area contributed by atoms with Gasteiger partial charge in [0.2, 0.25) is 0 Å². The Morgan fingerprint density at radius 1 is 0.963 bits per heavy atom. The first kappa shape index (κ1) is 18.5. The molecule has 0 aliphatic rings. The summed E-state index contributed by atoms with van der Waals surface area (Å²) < 4.78 is 31.9. The summed E-state index contributed by atoms with van der Waals surface area (Å²) in [6.07, 6.45) is 3.05. The number of amides is 1. The van der Waals surface area contributed by atoms with Crippen LogP contribution in [0.5, 0.6) is 0 Å². The lowest BCUT2D eigenvalue weighted by atomic mass is 10.2. The van der Waals surface area contributed by atoms with E-state index in [1.165, 1.54) is 24.5 Å². The van der Waals surface area contributed by atoms with E-state index >= 15 is 0 Å². The molecule has 0 spiro atoms. The van der Waals surface area contributed by atoms with E-state index in [2.05, 4.69) is 10.0 Å². The van der Waals surface area contributed by atoms with Crippen LogP contribution in [0.15, 0.2) is 82.8 Å². The zero-order valence-electron chi connectivity index (χ0n) is 14.3. The third kappa shape index (κ3) is 5.58. The van der Waals surface area contributed by atoms with Gasteiger partial charge >= 0.3 is 0 Å². The molecule has 0 bridgehead atoms. The molecule has 2 aromatic carbocycles. The van der Waals surface area contributed by atoms with Gasteiger partial charge in [0.1, 0.15) is 5.76 Å². The van der Waals surface area contributed by atoms with Crippen molar-refractivity contribution in [1.82, 2.24) is 5.32 Å². The second-order valence-electron chi connectivity index (χ2n) is 5.70. The highest BCUT2D eigenvalue weighted by atomic mass is 32.2. The van der Waals surface area contributed by atoms with E-state index in [-0.39, 0.29) is 12.5 Å². The molecule has 1 heterocycles. The lowest BCUT2D eigenvalue weighted by molar-refractivity contribution is 0.0948. The van der Waals surface area contributed by atoms with Crippen LogP contribution < -0.4 is 10.0 Å². The summed E-state index contributed by atoms with van der Waals surface area (Å²) in [6.45, 7) is 0.282. The van der Waals surface area contributed by atoms with E-state index in [9.17, 15) is 13.2 Å². The van der Waals surface area contributed by atoms with E-state index in [0.29, 0.717) is 17.0 Å². The van der Waals surface area contributed by atoms with E-state index in [4.69, 9.17) is 4.42 Å². The maximum absolute atomic E-state index is 12.1. The molecule has 1 amide bonds. The monoisotopic (exact) mass is 382 g/mol. The van der Waals surface area contributed by atoms with Gasteiger partial charge in [0.15, 0.2) is 0 Å². The van der Waals surface area contributed by atoms with Gasteiger partial charge in [-0.15, -0.1) is 0 Å². The van der Waals surface area contributed by atoms with Gasteiger partial charge in [0.25, 0.3) is 15.9 Å². The highest BCUT2D eigenvalue weighted by Crippen LogP contribution is 2.13. The van der Waals surface area contributed by atoms with Crippen LogP contribution in [0.25, 0.3) is 6.08 Å². The van der Waals surface area contributed by atoms with E-state index in [1.54, 1.807) is 24.3 Å². The SMILES string of the molecule is O=C(NCc1ccco1)c1ccc(NS(=O)(=O)/C=C/c2ccccc2)cc1. The first-order valence-corrected chi connectivity index (χ1v) is 9.73. The lowest BCUT2D eigenvalue weighted by Gasteiger charge is -2.07. The number of anilines is 1. The third-order valence-corrected chi connectivity index (χ3v) is 4.66. The average molecular weight is 382 g/mol. The minimum atomic E-state index is -3.65. The Morgan fingerprint density at radius 3 is 2.37 bits per heavy atom. The minimum Gasteiger partial charge on any atom is -0.467 e. The molecule has 7 heteroatoms. The predicted molar refractivity (Wildman–Crippen MR) is 104 cm³/mol. The molecule has 2 N–H and O–H groups in total. The number of rotatable bonds is 7. The molecule has 0 radical (unpaired) electrons. The Morgan fingerprint density at radius 2 is 1.70 bits per heavy atom. The molecule has 0 fully saturated rings. The van der Waals surface area contributed by atoms with Crippen molar-refractivity contribution in [3.63, 3.8) is 0 Å². The number of furan rings is 1. The molecular weight excluding hydrogens is 364 g/mol. The van der Waals surface area contributed by atoms with Crippen LogP contribution in [0.3, 0.4) is 0 Å². The van der Waals surface area contributed by atoms with Gasteiger partial charge in [-0.3, -0.25) is 9.52 Å². The fourth-order valence-electron chi connectivity index (χ4n) is 2.30. The fourth-order valence-corrected chi connectivity index (χ4v) is 3.17. The van der Waals surface area contributed by atoms with Gasteiger partial charge < -0.3 is 9.73 Å². The van der Waals surface area contributed by atoms with Gasteiger partial charge in [0, 0.05) is 11.3 Å². The van der Waals surface area contributed by atoms with Crippen LogP contribution >= 0.6 is 0 Å². The van der Waals surface area contributed by atoms with Crippen LogP contribution in [0.2, 0.25) is 0 Å². The number of benzene rings is 2. The van der Waals surface area contributed by atoms with Gasteiger partial charge in [-0.2, -0.15) is 0 Å². The maximum atomic E-state index is 12.1. The van der Waals surface area contributed by atoms with Crippen molar-refractivity contribution in [2.45, 2.75) is 6.54 Å². The molecule has 27 heavy (non-hydrogen) atoms. The predicted octanol–water partition coefficient (Wildman–Crippen LogP) is 3.62. The van der Waals surface area contributed by atoms with Crippen molar-refractivity contribution in [2.24, 2.45) is 0 Å². The maximum Gasteiger partial charge on any atom is 0.255 e. The standard InChI is InChI=1S/C20H18N2O4S/c23-20(21-15-19-7-4-13-26-19)17-8-10-18(11-9-17)22-27(24,25)14-12-16-5-2-1-3-6-16/h1-14,22H,15H2,(H,21,23)/b14-12+. The summed E-state index contributed by atoms with van der Waals surface area (Å²) in [5.74, 6) is 0.378. The number of hydrogen-bond donors (Lipinski definition) is 2. The third-order valence-electron chi connectivity index (χ3n) is 3.65. The molecule has 6 nitrogen and oxygen atoms in total. The Hall–Kier alpha value is -3.32. The second-order valence-corrected chi connectivity index (χ2v) is 7.27. The zero-order chi connectivity index (χ0) is 19.1. The normalized spacial score (nSPS) is 11.4. The van der Waals surface area contributed by atoms with Crippen molar-refractivity contribution in [2.75, 3.05) is 4.72 Å². The number of nitrogens with one attached hydrogen (secondary N) is 2. The molecule has 138 valence electrons. The van der Waals surface area contributed by atoms with Crippen molar-refractivity contribution in [3.8, 4) is 0 Å². The summed E-state index contributed by atoms with van der Waals surface area (Å²) in [7, 11) is -3.65. The molecule has 3 aromatic rings. The van der Waals surface area contributed by atoms with Crippen LogP contribution in [0.1, 0.15) is 21.7 Å². The summed E-state index contributed by atoms with van der Waals surface area (Å²) in [5, 5.41) is 3.83. The molecule has 0 atom stereocenters. The highest BCUT2D eigenvalue weighted by molar-refractivity contribution is 7.95. The Kier molecular flexibility index (Phi) is 5.73. The number of sulfonamides is 1. The topological polar surface area (TPSA) is 88.4 Å². The molecule has 1 aromatic heterocycles. The van der Waals surface area contributed by atoms with Gasteiger partial charge in [-0.05, 0) is 48.0 Å². The molecule has 0 aliphatic heterocycles. The van der Waals surface area contributed by atoms with E-state index in [0.717, 1.165) is 11.0 Å². The Bertz CT molecular complexity index is 1010. The van der Waals surface area contributed by atoms with Crippen LogP contribution in [0.4, 0.5) is 5.69 Å². The highest BCUT2D eigenvalue weighted by Gasteiger charge is 2.09. The molecular formula is C20H18N2O4S. The number of hydrogen-bond acceptors (Lipinski definition) is 4. The molecule has 0 saturated heterocycles. The lowest BCUT2D eigenvalue weighted by Crippen LogP contribution is -2.22. The molecule has 0 saturated carbocycles. The van der Waals surface area contributed by atoms with Crippen molar-refractivity contribution in [3.05, 3.63) is 95.3 Å². The van der Waals surface area contributed by atoms with E-state index < -0.39 is 10.0 Å². The number of carbonyl (C=O) groups is 1. The van der Waals surface area contributed by atoms with Gasteiger partial charge in [-0.1, -0.05) is 30.3 Å². The van der Waals surface area contributed by atoms with Gasteiger partial charge in [-0.25, -0.2) is 8.42 Å². The number of carbonyl (C=O) groups excluding carboxylic acids is 1. The summed E-state index contributed by atoms with van der Waals surface area (Å²) in [6, 6.07) is 18.8. The largest absolute Gasteiger partial charge is 0.467 e. The minimum absolute atomic E-state index is 0.273. The first-order chi connectivity index (χ1) is 13.0. The van der Waals surface area contributed by atoms with E-state index in [1.807, 2.05) is 30.3 Å². The Balaban J connectivity index is 1.59. The smallest absolute Gasteiger partial charge is 0.255 e. The quantitative estimate of drug-likeness (QED) is 0.653. The summed E-state index contributed by atoms with van der Waals surface area (Å²) in [4.78, 5) is 12.1. The molecule has 0 unspecified atom stereocenters. The van der Waals surface area contributed by atoms with Crippen LogP contribution in [0, 0.1) is 0 Å². The van der Waals surface area contributed by atoms with Crippen molar-refractivity contribution < 1.29 is 17.6 Å². The second kappa shape index (κ2) is 8.37. The fraction of sp³-hybridized carbons (Fsp3) is 0.0500. The Labute approximate surface area is 157 Å². The van der Waals surface area contributed by atoms with Crippen molar-refractivity contribution in [1.29, 1.82) is 0 Å². The summed E-state index contributed by atoms with van der Waals surface area (Å²) in [5.41, 5.74) is 1.58. The van der Waals surface area contributed by atoms with Crippen molar-refractivity contribution >= 4 is 27.7 Å².